The Hall–Kier alpha value is -1.78. The maximum atomic E-state index is 13.4. The molecule has 0 radical (unpaired) electrons. The molecule has 0 spiro atoms. The molecule has 2 N–H and O–H groups in total. The van der Waals surface area contributed by atoms with E-state index in [2.05, 4.69) is 0 Å². The number of ether oxygens (including phenoxy) is 2. The first kappa shape index (κ1) is 13.3. The highest BCUT2D eigenvalue weighted by molar-refractivity contribution is 5.95. The maximum absolute atomic E-state index is 13.4. The number of hydrogen-bond acceptors (Lipinski definition) is 4. The topological polar surface area (TPSA) is 61.5 Å². The van der Waals surface area contributed by atoms with Crippen LogP contribution in [0.15, 0.2) is 12.1 Å². The van der Waals surface area contributed by atoms with Gasteiger partial charge in [-0.05, 0) is 19.4 Å². The van der Waals surface area contributed by atoms with Crippen molar-refractivity contribution in [2.75, 3.05) is 18.9 Å². The summed E-state index contributed by atoms with van der Waals surface area (Å²) in [5.74, 6) is -1.15. The van der Waals surface area contributed by atoms with Crippen molar-refractivity contribution in [3.05, 3.63) is 23.5 Å². The molecule has 0 amide bonds. The molecular weight excluding hydrogens is 225 g/mol. The summed E-state index contributed by atoms with van der Waals surface area (Å²) in [7, 11) is 0. The molecule has 5 heteroatoms. The van der Waals surface area contributed by atoms with E-state index in [1.807, 2.05) is 6.92 Å². The number of nitrogens with two attached hydrogens (primary N) is 1. The molecule has 0 saturated heterocycles. The summed E-state index contributed by atoms with van der Waals surface area (Å²) in [6, 6.07) is 2.33. The van der Waals surface area contributed by atoms with Gasteiger partial charge in [-0.2, -0.15) is 0 Å². The van der Waals surface area contributed by atoms with Crippen molar-refractivity contribution < 1.29 is 18.7 Å². The van der Waals surface area contributed by atoms with Gasteiger partial charge in [0, 0.05) is 11.8 Å². The molecule has 1 aromatic carbocycles. The maximum Gasteiger partial charge on any atom is 0.340 e. The van der Waals surface area contributed by atoms with Gasteiger partial charge in [-0.3, -0.25) is 0 Å². The fourth-order valence-electron chi connectivity index (χ4n) is 1.28. The highest BCUT2D eigenvalue weighted by Gasteiger charge is 2.15. The van der Waals surface area contributed by atoms with Crippen molar-refractivity contribution in [1.29, 1.82) is 0 Å². The van der Waals surface area contributed by atoms with Crippen LogP contribution in [0.3, 0.4) is 0 Å². The summed E-state index contributed by atoms with van der Waals surface area (Å²) < 4.78 is 23.4. The van der Waals surface area contributed by atoms with Crippen LogP contribution >= 0.6 is 0 Å². The minimum Gasteiger partial charge on any atom is -0.491 e. The van der Waals surface area contributed by atoms with Gasteiger partial charge < -0.3 is 15.2 Å². The van der Waals surface area contributed by atoms with Crippen molar-refractivity contribution in [2.24, 2.45) is 0 Å². The molecule has 0 heterocycles. The van der Waals surface area contributed by atoms with Crippen LogP contribution in [0.1, 0.15) is 30.6 Å². The van der Waals surface area contributed by atoms with E-state index in [4.69, 9.17) is 15.2 Å². The summed E-state index contributed by atoms with van der Waals surface area (Å²) >= 11 is 0. The molecule has 0 saturated carbocycles. The molecule has 94 valence electrons. The summed E-state index contributed by atoms with van der Waals surface area (Å²) in [5.41, 5.74) is 5.74. The number of nitrogen functional groups attached to an aromatic ring is 1. The second-order valence-corrected chi connectivity index (χ2v) is 3.44. The average molecular weight is 241 g/mol. The average Bonchev–Trinajstić information content (AvgIpc) is 2.29. The number of hydrogen-bond donors (Lipinski definition) is 1. The fraction of sp³-hybridized carbons (Fsp3) is 0.417. The number of anilines is 1. The van der Waals surface area contributed by atoms with E-state index >= 15 is 0 Å². The molecule has 0 bridgehead atoms. The summed E-state index contributed by atoms with van der Waals surface area (Å²) in [4.78, 5) is 11.6. The van der Waals surface area contributed by atoms with E-state index in [0.29, 0.717) is 19.6 Å². The molecule has 0 aromatic heterocycles. The van der Waals surface area contributed by atoms with Crippen molar-refractivity contribution >= 4 is 11.7 Å². The Morgan fingerprint density at radius 3 is 2.71 bits per heavy atom. The third kappa shape index (κ3) is 3.34. The molecule has 17 heavy (non-hydrogen) atoms. The number of esters is 1. The largest absolute Gasteiger partial charge is 0.491 e. The van der Waals surface area contributed by atoms with Gasteiger partial charge in [-0.25, -0.2) is 9.18 Å². The van der Waals surface area contributed by atoms with Gasteiger partial charge >= 0.3 is 5.97 Å². The van der Waals surface area contributed by atoms with E-state index in [1.54, 1.807) is 6.92 Å². The lowest BCUT2D eigenvalue weighted by Crippen LogP contribution is -2.10. The number of carbonyl (C=O) groups is 1. The molecule has 1 aromatic rings. The van der Waals surface area contributed by atoms with Gasteiger partial charge in [0.15, 0.2) is 11.6 Å². The predicted molar refractivity (Wildman–Crippen MR) is 62.6 cm³/mol. The second kappa shape index (κ2) is 6.08. The van der Waals surface area contributed by atoms with Gasteiger partial charge in [0.25, 0.3) is 0 Å². The number of carbonyl (C=O) groups excluding carboxylic acids is 1. The van der Waals surface area contributed by atoms with E-state index in [0.717, 1.165) is 6.07 Å². The van der Waals surface area contributed by atoms with Gasteiger partial charge in [0.05, 0.1) is 18.8 Å². The van der Waals surface area contributed by atoms with Gasteiger partial charge in [-0.15, -0.1) is 0 Å². The van der Waals surface area contributed by atoms with Crippen LogP contribution in [-0.2, 0) is 4.74 Å². The zero-order chi connectivity index (χ0) is 12.8. The van der Waals surface area contributed by atoms with Crippen LogP contribution in [-0.4, -0.2) is 19.2 Å². The third-order valence-electron chi connectivity index (χ3n) is 2.06. The van der Waals surface area contributed by atoms with Crippen molar-refractivity contribution in [1.82, 2.24) is 0 Å². The molecular formula is C12H16FNO3. The first-order chi connectivity index (χ1) is 8.10. The van der Waals surface area contributed by atoms with Crippen LogP contribution in [0.4, 0.5) is 10.1 Å². The van der Waals surface area contributed by atoms with Crippen LogP contribution in [0, 0.1) is 5.82 Å². The van der Waals surface area contributed by atoms with Crippen molar-refractivity contribution in [2.45, 2.75) is 20.3 Å². The van der Waals surface area contributed by atoms with Crippen molar-refractivity contribution in [3.8, 4) is 5.75 Å². The summed E-state index contributed by atoms with van der Waals surface area (Å²) in [6.45, 7) is 4.22. The van der Waals surface area contributed by atoms with Crippen LogP contribution in [0.25, 0.3) is 0 Å². The number of halogens is 1. The molecule has 0 aliphatic heterocycles. The molecule has 4 nitrogen and oxygen atoms in total. The Morgan fingerprint density at radius 1 is 1.41 bits per heavy atom. The minimum atomic E-state index is -0.587. The standard InChI is InChI=1S/C12H16FNO3/c1-3-5-17-12(15)8-6-11(16-4-2)9(13)7-10(8)14/h6-7H,3-5,14H2,1-2H3. The van der Waals surface area contributed by atoms with E-state index in [-0.39, 0.29) is 17.0 Å². The van der Waals surface area contributed by atoms with Crippen LogP contribution < -0.4 is 10.5 Å². The number of benzene rings is 1. The summed E-state index contributed by atoms with van der Waals surface area (Å²) in [6.07, 6.45) is 0.713. The lowest BCUT2D eigenvalue weighted by Gasteiger charge is -2.10. The zero-order valence-corrected chi connectivity index (χ0v) is 9.96. The van der Waals surface area contributed by atoms with E-state index in [9.17, 15) is 9.18 Å². The lowest BCUT2D eigenvalue weighted by molar-refractivity contribution is 0.0506. The van der Waals surface area contributed by atoms with Gasteiger partial charge in [-0.1, -0.05) is 6.92 Å². The highest BCUT2D eigenvalue weighted by atomic mass is 19.1. The van der Waals surface area contributed by atoms with Gasteiger partial charge in [0.2, 0.25) is 0 Å². The second-order valence-electron chi connectivity index (χ2n) is 3.44. The van der Waals surface area contributed by atoms with E-state index < -0.39 is 11.8 Å². The minimum absolute atomic E-state index is 0.00477. The Morgan fingerprint density at radius 2 is 2.12 bits per heavy atom. The third-order valence-corrected chi connectivity index (χ3v) is 2.06. The molecule has 0 unspecified atom stereocenters. The highest BCUT2D eigenvalue weighted by Crippen LogP contribution is 2.24. The molecule has 0 fully saturated rings. The predicted octanol–water partition coefficient (Wildman–Crippen LogP) is 2.37. The first-order valence-electron chi connectivity index (χ1n) is 5.49. The first-order valence-corrected chi connectivity index (χ1v) is 5.49. The molecule has 0 atom stereocenters. The Bertz CT molecular complexity index is 407. The summed E-state index contributed by atoms with van der Waals surface area (Å²) in [5, 5.41) is 0. The van der Waals surface area contributed by atoms with Crippen LogP contribution in [0.5, 0.6) is 5.75 Å². The van der Waals surface area contributed by atoms with E-state index in [1.165, 1.54) is 6.07 Å². The van der Waals surface area contributed by atoms with Crippen molar-refractivity contribution in [3.63, 3.8) is 0 Å². The smallest absolute Gasteiger partial charge is 0.340 e. The molecule has 1 rings (SSSR count). The van der Waals surface area contributed by atoms with Gasteiger partial charge in [0.1, 0.15) is 0 Å². The Labute approximate surface area is 99.5 Å². The lowest BCUT2D eigenvalue weighted by atomic mass is 10.1. The molecule has 0 aliphatic rings. The van der Waals surface area contributed by atoms with Crippen LogP contribution in [0.2, 0.25) is 0 Å². The number of rotatable bonds is 5. The Balaban J connectivity index is 2.98. The zero-order valence-electron chi connectivity index (χ0n) is 9.96. The fourth-order valence-corrected chi connectivity index (χ4v) is 1.28. The molecule has 0 aliphatic carbocycles. The SMILES string of the molecule is CCCOC(=O)c1cc(OCC)c(F)cc1N. The Kier molecular flexibility index (Phi) is 4.75. The quantitative estimate of drug-likeness (QED) is 0.635. The monoisotopic (exact) mass is 241 g/mol. The normalized spacial score (nSPS) is 10.1.